The largest absolute Gasteiger partial charge is 0.456 e. The molecule has 0 aliphatic heterocycles. The van der Waals surface area contributed by atoms with Crippen molar-refractivity contribution in [1.29, 1.82) is 0 Å². The number of rotatable bonds is 7. The average molecular weight is 347 g/mol. The predicted molar refractivity (Wildman–Crippen MR) is 102 cm³/mol. The van der Waals surface area contributed by atoms with Crippen molar-refractivity contribution in [2.45, 2.75) is 12.5 Å². The molecule has 26 heavy (non-hydrogen) atoms. The van der Waals surface area contributed by atoms with Crippen LogP contribution < -0.4 is 15.4 Å². The maximum absolute atomic E-state index is 11.9. The summed E-state index contributed by atoms with van der Waals surface area (Å²) in [5.41, 5.74) is 1.03. The highest BCUT2D eigenvalue weighted by atomic mass is 16.5. The van der Waals surface area contributed by atoms with Gasteiger partial charge in [0.25, 0.3) is 0 Å². The lowest BCUT2D eigenvalue weighted by Crippen LogP contribution is -2.24. The van der Waals surface area contributed by atoms with Gasteiger partial charge in [0.15, 0.2) is 0 Å². The Kier molecular flexibility index (Phi) is 5.83. The van der Waals surface area contributed by atoms with E-state index in [9.17, 15) is 4.79 Å². The van der Waals surface area contributed by atoms with E-state index in [1.165, 1.54) is 0 Å². The number of aromatic nitrogens is 1. The molecular formula is C21H21N3O2. The van der Waals surface area contributed by atoms with Crippen molar-refractivity contribution in [3.63, 3.8) is 0 Å². The smallest absolute Gasteiger partial charge is 0.222 e. The van der Waals surface area contributed by atoms with Crippen LogP contribution >= 0.6 is 0 Å². The number of pyridine rings is 1. The number of carbonyl (C=O) groups is 1. The second-order valence-electron chi connectivity index (χ2n) is 5.78. The van der Waals surface area contributed by atoms with Crippen LogP contribution in [0.4, 0.5) is 5.82 Å². The van der Waals surface area contributed by atoms with E-state index in [1.54, 1.807) is 13.2 Å². The molecule has 0 saturated carbocycles. The lowest BCUT2D eigenvalue weighted by atomic mass is 10.0. The van der Waals surface area contributed by atoms with Crippen molar-refractivity contribution >= 4 is 11.7 Å². The van der Waals surface area contributed by atoms with Crippen molar-refractivity contribution in [2.24, 2.45) is 0 Å². The molecule has 0 radical (unpaired) electrons. The molecule has 2 N–H and O–H groups in total. The van der Waals surface area contributed by atoms with Gasteiger partial charge in [-0.25, -0.2) is 4.98 Å². The van der Waals surface area contributed by atoms with Crippen molar-refractivity contribution in [2.75, 3.05) is 12.4 Å². The van der Waals surface area contributed by atoms with E-state index in [0.717, 1.165) is 11.3 Å². The zero-order valence-electron chi connectivity index (χ0n) is 14.6. The highest BCUT2D eigenvalue weighted by molar-refractivity contribution is 5.77. The van der Waals surface area contributed by atoms with Gasteiger partial charge in [0.05, 0.1) is 18.7 Å². The minimum atomic E-state index is -0.162. The molecule has 132 valence electrons. The molecule has 0 fully saturated rings. The Morgan fingerprint density at radius 1 is 0.962 bits per heavy atom. The first-order chi connectivity index (χ1) is 12.7. The van der Waals surface area contributed by atoms with E-state index in [2.05, 4.69) is 15.6 Å². The Hall–Kier alpha value is -3.34. The SMILES string of the molecule is CNC(=O)CC(Nc1ccc(Oc2ccccc2)cn1)c1ccccc1. The molecule has 2 aromatic carbocycles. The molecular weight excluding hydrogens is 326 g/mol. The number of benzene rings is 2. The Labute approximate surface area is 153 Å². The molecule has 5 nitrogen and oxygen atoms in total. The molecule has 1 heterocycles. The molecule has 3 aromatic rings. The van der Waals surface area contributed by atoms with E-state index >= 15 is 0 Å². The minimum Gasteiger partial charge on any atom is -0.456 e. The van der Waals surface area contributed by atoms with E-state index < -0.39 is 0 Å². The van der Waals surface area contributed by atoms with Crippen LogP contribution in [0.3, 0.4) is 0 Å². The van der Waals surface area contributed by atoms with Crippen molar-refractivity contribution in [1.82, 2.24) is 10.3 Å². The van der Waals surface area contributed by atoms with Gasteiger partial charge in [-0.2, -0.15) is 0 Å². The molecule has 1 unspecified atom stereocenters. The Morgan fingerprint density at radius 2 is 1.65 bits per heavy atom. The Balaban J connectivity index is 1.71. The zero-order valence-corrected chi connectivity index (χ0v) is 14.6. The third kappa shape index (κ3) is 4.83. The van der Waals surface area contributed by atoms with Gasteiger partial charge in [-0.05, 0) is 29.8 Å². The summed E-state index contributed by atoms with van der Waals surface area (Å²) in [7, 11) is 1.64. The number of hydrogen-bond donors (Lipinski definition) is 2. The molecule has 1 atom stereocenters. The van der Waals surface area contributed by atoms with E-state index in [1.807, 2.05) is 72.8 Å². The number of para-hydroxylation sites is 1. The lowest BCUT2D eigenvalue weighted by Gasteiger charge is -2.19. The van der Waals surface area contributed by atoms with Gasteiger partial charge in [0.1, 0.15) is 17.3 Å². The predicted octanol–water partition coefficient (Wildman–Crippen LogP) is 4.16. The summed E-state index contributed by atoms with van der Waals surface area (Å²) in [5.74, 6) is 2.07. The van der Waals surface area contributed by atoms with Gasteiger partial charge >= 0.3 is 0 Å². The van der Waals surface area contributed by atoms with Gasteiger partial charge in [0.2, 0.25) is 5.91 Å². The minimum absolute atomic E-state index is 0.0321. The number of nitrogens with zero attached hydrogens (tertiary/aromatic N) is 1. The average Bonchev–Trinajstić information content (AvgIpc) is 2.70. The standard InChI is InChI=1S/C21H21N3O2/c1-22-21(25)14-19(16-8-4-2-5-9-16)24-20-13-12-18(15-23-20)26-17-10-6-3-7-11-17/h2-13,15,19H,14H2,1H3,(H,22,25)(H,23,24). The molecule has 0 aliphatic carbocycles. The molecule has 0 spiro atoms. The van der Waals surface area contributed by atoms with Gasteiger partial charge < -0.3 is 15.4 Å². The van der Waals surface area contributed by atoms with E-state index in [-0.39, 0.29) is 11.9 Å². The van der Waals surface area contributed by atoms with Crippen LogP contribution in [0, 0.1) is 0 Å². The second-order valence-corrected chi connectivity index (χ2v) is 5.78. The van der Waals surface area contributed by atoms with Crippen LogP contribution in [0.1, 0.15) is 18.0 Å². The zero-order chi connectivity index (χ0) is 18.2. The Morgan fingerprint density at radius 3 is 2.27 bits per heavy atom. The van der Waals surface area contributed by atoms with Crippen molar-refractivity contribution in [3.8, 4) is 11.5 Å². The van der Waals surface area contributed by atoms with Crippen molar-refractivity contribution < 1.29 is 9.53 Å². The molecule has 0 aliphatic rings. The maximum Gasteiger partial charge on any atom is 0.222 e. The molecule has 1 aromatic heterocycles. The van der Waals surface area contributed by atoms with Crippen LogP contribution in [-0.4, -0.2) is 17.9 Å². The van der Waals surface area contributed by atoms with Gasteiger partial charge in [-0.1, -0.05) is 48.5 Å². The third-order valence-electron chi connectivity index (χ3n) is 3.91. The van der Waals surface area contributed by atoms with Crippen molar-refractivity contribution in [3.05, 3.63) is 84.6 Å². The number of ether oxygens (including phenoxy) is 1. The summed E-state index contributed by atoms with van der Waals surface area (Å²) in [6, 6.07) is 22.9. The third-order valence-corrected chi connectivity index (χ3v) is 3.91. The summed E-state index contributed by atoms with van der Waals surface area (Å²) in [4.78, 5) is 16.3. The fourth-order valence-corrected chi connectivity index (χ4v) is 2.55. The highest BCUT2D eigenvalue weighted by Crippen LogP contribution is 2.24. The molecule has 0 saturated heterocycles. The summed E-state index contributed by atoms with van der Waals surface area (Å²) in [6.07, 6.45) is 1.99. The topological polar surface area (TPSA) is 63.2 Å². The number of amides is 1. The summed E-state index contributed by atoms with van der Waals surface area (Å²) < 4.78 is 5.75. The number of carbonyl (C=O) groups excluding carboxylic acids is 1. The first-order valence-electron chi connectivity index (χ1n) is 8.45. The molecule has 0 bridgehead atoms. The summed E-state index contributed by atoms with van der Waals surface area (Å²) >= 11 is 0. The van der Waals surface area contributed by atoms with E-state index in [0.29, 0.717) is 18.0 Å². The fourth-order valence-electron chi connectivity index (χ4n) is 2.55. The monoisotopic (exact) mass is 347 g/mol. The number of anilines is 1. The number of hydrogen-bond acceptors (Lipinski definition) is 4. The molecule has 1 amide bonds. The number of nitrogens with one attached hydrogen (secondary N) is 2. The highest BCUT2D eigenvalue weighted by Gasteiger charge is 2.15. The van der Waals surface area contributed by atoms with E-state index in [4.69, 9.17) is 4.74 Å². The van der Waals surface area contributed by atoms with Gasteiger partial charge in [0, 0.05) is 7.05 Å². The van der Waals surface area contributed by atoms with Crippen LogP contribution in [0.15, 0.2) is 79.0 Å². The first kappa shape index (κ1) is 17.5. The maximum atomic E-state index is 11.9. The van der Waals surface area contributed by atoms with Gasteiger partial charge in [-0.15, -0.1) is 0 Å². The summed E-state index contributed by atoms with van der Waals surface area (Å²) in [5, 5.41) is 5.99. The van der Waals surface area contributed by atoms with Crippen LogP contribution in [-0.2, 0) is 4.79 Å². The normalized spacial score (nSPS) is 11.4. The van der Waals surface area contributed by atoms with Crippen LogP contribution in [0.25, 0.3) is 0 Å². The molecule has 3 rings (SSSR count). The quantitative estimate of drug-likeness (QED) is 0.673. The Bertz CT molecular complexity index is 821. The molecule has 5 heteroatoms. The fraction of sp³-hybridized carbons (Fsp3) is 0.143. The summed E-state index contributed by atoms with van der Waals surface area (Å²) in [6.45, 7) is 0. The van der Waals surface area contributed by atoms with Crippen LogP contribution in [0.2, 0.25) is 0 Å². The second kappa shape index (κ2) is 8.67. The van der Waals surface area contributed by atoms with Crippen LogP contribution in [0.5, 0.6) is 11.5 Å². The first-order valence-corrected chi connectivity index (χ1v) is 8.45. The van der Waals surface area contributed by atoms with Gasteiger partial charge in [-0.3, -0.25) is 4.79 Å². The lowest BCUT2D eigenvalue weighted by molar-refractivity contribution is -0.120.